The lowest BCUT2D eigenvalue weighted by atomic mass is 9.88. The van der Waals surface area contributed by atoms with Crippen LogP contribution in [0.4, 0.5) is 13.2 Å². The third-order valence-electron chi connectivity index (χ3n) is 4.54. The van der Waals surface area contributed by atoms with Gasteiger partial charge in [0, 0.05) is 28.2 Å². The van der Waals surface area contributed by atoms with E-state index in [1.54, 1.807) is 12.1 Å². The molecule has 0 saturated heterocycles. The molecular weight excluding hydrogens is 389 g/mol. The number of carbonyl (C=O) groups is 2. The molecule has 3 rings (SSSR count). The predicted molar refractivity (Wildman–Crippen MR) is 98.5 cm³/mol. The van der Waals surface area contributed by atoms with Gasteiger partial charge in [0.1, 0.15) is 5.75 Å². The van der Waals surface area contributed by atoms with Crippen LogP contribution in [-0.2, 0) is 15.1 Å². The molecule has 0 aliphatic rings. The van der Waals surface area contributed by atoms with Crippen LogP contribution < -0.4 is 10.1 Å². The standard InChI is InChI=1S/C20H17F3N2O4/c1-28-13-7-5-6-12(10-13)17(26)25-19(18(27)29-2,20(21,22)23)15-11-24-16-9-4-3-8-14(15)16/h3-11,24H,1-2H3,(H,25,26). The van der Waals surface area contributed by atoms with Gasteiger partial charge < -0.3 is 19.8 Å². The monoisotopic (exact) mass is 406 g/mol. The Balaban J connectivity index is 2.20. The van der Waals surface area contributed by atoms with Gasteiger partial charge in [-0.25, -0.2) is 4.79 Å². The Morgan fingerprint density at radius 2 is 1.76 bits per heavy atom. The molecule has 0 saturated carbocycles. The number of aromatic amines is 1. The summed E-state index contributed by atoms with van der Waals surface area (Å²) in [6, 6.07) is 11.7. The molecule has 1 aromatic heterocycles. The molecule has 1 atom stereocenters. The maximum Gasteiger partial charge on any atom is 0.426 e. The number of para-hydroxylation sites is 1. The van der Waals surface area contributed by atoms with E-state index in [1.807, 2.05) is 5.32 Å². The quantitative estimate of drug-likeness (QED) is 0.636. The molecule has 1 heterocycles. The van der Waals surface area contributed by atoms with Crippen molar-refractivity contribution < 1.29 is 32.2 Å². The number of H-pyrrole nitrogens is 1. The van der Waals surface area contributed by atoms with Crippen LogP contribution in [-0.4, -0.2) is 37.3 Å². The SMILES string of the molecule is COC(=O)C(NC(=O)c1cccc(OC)c1)(c1c[nH]c2ccccc12)C(F)(F)F. The zero-order valence-corrected chi connectivity index (χ0v) is 15.5. The smallest absolute Gasteiger partial charge is 0.426 e. The molecule has 3 aromatic rings. The molecule has 29 heavy (non-hydrogen) atoms. The molecule has 9 heteroatoms. The van der Waals surface area contributed by atoms with Crippen molar-refractivity contribution in [2.75, 3.05) is 14.2 Å². The summed E-state index contributed by atoms with van der Waals surface area (Å²) in [6.45, 7) is 0. The number of halogens is 3. The summed E-state index contributed by atoms with van der Waals surface area (Å²) >= 11 is 0. The number of benzene rings is 2. The Hall–Kier alpha value is -3.49. The lowest BCUT2D eigenvalue weighted by Gasteiger charge is -2.33. The summed E-state index contributed by atoms with van der Waals surface area (Å²) in [5.41, 5.74) is -3.62. The number of ether oxygens (including phenoxy) is 2. The minimum absolute atomic E-state index is 0.110. The zero-order valence-electron chi connectivity index (χ0n) is 15.5. The highest BCUT2D eigenvalue weighted by molar-refractivity contribution is 6.01. The van der Waals surface area contributed by atoms with Crippen molar-refractivity contribution in [3.05, 3.63) is 65.9 Å². The van der Waals surface area contributed by atoms with E-state index < -0.39 is 29.2 Å². The second-order valence-electron chi connectivity index (χ2n) is 6.17. The molecule has 152 valence electrons. The number of esters is 1. The summed E-state index contributed by atoms with van der Waals surface area (Å²) < 4.78 is 52.6. The largest absolute Gasteiger partial charge is 0.497 e. The van der Waals surface area contributed by atoms with Crippen LogP contribution >= 0.6 is 0 Å². The van der Waals surface area contributed by atoms with Crippen molar-refractivity contribution in [3.63, 3.8) is 0 Å². The van der Waals surface area contributed by atoms with Gasteiger partial charge in [0.2, 0.25) is 0 Å². The van der Waals surface area contributed by atoms with Gasteiger partial charge in [-0.1, -0.05) is 24.3 Å². The summed E-state index contributed by atoms with van der Waals surface area (Å²) in [7, 11) is 2.19. The number of hydrogen-bond donors (Lipinski definition) is 2. The Labute approximate surface area is 163 Å². The van der Waals surface area contributed by atoms with Gasteiger partial charge in [-0.2, -0.15) is 13.2 Å². The fourth-order valence-electron chi connectivity index (χ4n) is 3.11. The Morgan fingerprint density at radius 1 is 1.03 bits per heavy atom. The molecule has 1 amide bonds. The maximum absolute atomic E-state index is 14.4. The average molecular weight is 406 g/mol. The molecule has 0 spiro atoms. The fraction of sp³-hybridized carbons (Fsp3) is 0.200. The van der Waals surface area contributed by atoms with Crippen LogP contribution in [0, 0.1) is 0 Å². The van der Waals surface area contributed by atoms with Gasteiger partial charge in [-0.05, 0) is 24.3 Å². The van der Waals surface area contributed by atoms with Crippen LogP contribution in [0.15, 0.2) is 54.7 Å². The van der Waals surface area contributed by atoms with Crippen LogP contribution in [0.25, 0.3) is 10.9 Å². The van der Waals surface area contributed by atoms with E-state index in [2.05, 4.69) is 9.72 Å². The average Bonchev–Trinajstić information content (AvgIpc) is 3.14. The summed E-state index contributed by atoms with van der Waals surface area (Å²) in [5, 5.41) is 2.00. The van der Waals surface area contributed by atoms with Crippen molar-refractivity contribution in [2.24, 2.45) is 0 Å². The van der Waals surface area contributed by atoms with Gasteiger partial charge in [0.15, 0.2) is 0 Å². The first-order chi connectivity index (χ1) is 13.7. The number of nitrogens with one attached hydrogen (secondary N) is 2. The van der Waals surface area contributed by atoms with Crippen molar-refractivity contribution in [1.82, 2.24) is 10.3 Å². The lowest BCUT2D eigenvalue weighted by molar-refractivity contribution is -0.212. The van der Waals surface area contributed by atoms with Crippen LogP contribution in [0.5, 0.6) is 5.75 Å². The summed E-state index contributed by atoms with van der Waals surface area (Å²) in [4.78, 5) is 28.0. The molecule has 6 nitrogen and oxygen atoms in total. The van der Waals surface area contributed by atoms with Crippen molar-refractivity contribution in [1.29, 1.82) is 0 Å². The Bertz CT molecular complexity index is 1060. The molecule has 1 unspecified atom stereocenters. The van der Waals surface area contributed by atoms with E-state index >= 15 is 0 Å². The van der Waals surface area contributed by atoms with Crippen LogP contribution in [0.3, 0.4) is 0 Å². The maximum atomic E-state index is 14.4. The second-order valence-corrected chi connectivity index (χ2v) is 6.17. The number of hydrogen-bond acceptors (Lipinski definition) is 4. The van der Waals surface area contributed by atoms with Gasteiger partial charge in [-0.3, -0.25) is 4.79 Å². The van der Waals surface area contributed by atoms with Crippen LogP contribution in [0.1, 0.15) is 15.9 Å². The first kappa shape index (κ1) is 20.2. The molecule has 2 aromatic carbocycles. The second kappa shape index (κ2) is 7.50. The van der Waals surface area contributed by atoms with Gasteiger partial charge in [-0.15, -0.1) is 0 Å². The van der Waals surface area contributed by atoms with E-state index in [4.69, 9.17) is 4.74 Å². The van der Waals surface area contributed by atoms with Crippen molar-refractivity contribution in [3.8, 4) is 5.75 Å². The zero-order chi connectivity index (χ0) is 21.2. The van der Waals surface area contributed by atoms with Gasteiger partial charge in [0.05, 0.1) is 14.2 Å². The molecule has 0 radical (unpaired) electrons. The van der Waals surface area contributed by atoms with Crippen molar-refractivity contribution in [2.45, 2.75) is 11.7 Å². The Morgan fingerprint density at radius 3 is 2.41 bits per heavy atom. The lowest BCUT2D eigenvalue weighted by Crippen LogP contribution is -2.61. The molecule has 2 N–H and O–H groups in total. The number of aromatic nitrogens is 1. The van der Waals surface area contributed by atoms with E-state index in [1.165, 1.54) is 43.5 Å². The number of carbonyl (C=O) groups excluding carboxylic acids is 2. The highest BCUT2D eigenvalue weighted by atomic mass is 19.4. The summed E-state index contributed by atoms with van der Waals surface area (Å²) in [6.07, 6.45) is -4.15. The number of alkyl halides is 3. The number of amides is 1. The van der Waals surface area contributed by atoms with Gasteiger partial charge in [0.25, 0.3) is 11.4 Å². The molecular formula is C20H17F3N2O4. The minimum Gasteiger partial charge on any atom is -0.497 e. The van der Waals surface area contributed by atoms with E-state index in [-0.39, 0.29) is 16.7 Å². The fourth-order valence-corrected chi connectivity index (χ4v) is 3.11. The molecule has 0 bridgehead atoms. The predicted octanol–water partition coefficient (Wildman–Crippen LogP) is 3.54. The molecule has 0 aliphatic heterocycles. The number of fused-ring (bicyclic) bond motifs is 1. The normalized spacial score (nSPS) is 13.6. The minimum atomic E-state index is -5.19. The van der Waals surface area contributed by atoms with Crippen LogP contribution in [0.2, 0.25) is 0 Å². The van der Waals surface area contributed by atoms with Gasteiger partial charge >= 0.3 is 12.1 Å². The number of methoxy groups -OCH3 is 2. The third kappa shape index (κ3) is 3.39. The molecule has 0 aliphatic carbocycles. The van der Waals surface area contributed by atoms with E-state index in [9.17, 15) is 22.8 Å². The topological polar surface area (TPSA) is 80.4 Å². The summed E-state index contributed by atoms with van der Waals surface area (Å²) in [5.74, 6) is -2.50. The highest BCUT2D eigenvalue weighted by Crippen LogP contribution is 2.43. The van der Waals surface area contributed by atoms with E-state index in [0.717, 1.165) is 13.3 Å². The molecule has 0 fully saturated rings. The Kier molecular flexibility index (Phi) is 5.23. The highest BCUT2D eigenvalue weighted by Gasteiger charge is 2.65. The van der Waals surface area contributed by atoms with E-state index in [0.29, 0.717) is 5.52 Å². The third-order valence-corrected chi connectivity index (χ3v) is 4.54. The first-order valence-corrected chi connectivity index (χ1v) is 8.43. The number of rotatable bonds is 5. The van der Waals surface area contributed by atoms with Crippen molar-refractivity contribution >= 4 is 22.8 Å². The first-order valence-electron chi connectivity index (χ1n) is 8.43.